The van der Waals surface area contributed by atoms with Gasteiger partial charge in [0.1, 0.15) is 22.7 Å². The van der Waals surface area contributed by atoms with Crippen molar-refractivity contribution in [2.75, 3.05) is 11.9 Å². The number of amides is 2. The van der Waals surface area contributed by atoms with Crippen LogP contribution in [-0.4, -0.2) is 21.5 Å². The van der Waals surface area contributed by atoms with E-state index in [0.717, 1.165) is 34.5 Å². The first-order valence-corrected chi connectivity index (χ1v) is 13.2. The fourth-order valence-electron chi connectivity index (χ4n) is 4.42. The molecule has 0 aliphatic heterocycles. The second kappa shape index (κ2) is 12.0. The minimum atomic E-state index is -0.834. The molecule has 0 aliphatic carbocycles. The van der Waals surface area contributed by atoms with Gasteiger partial charge in [0, 0.05) is 25.2 Å². The van der Waals surface area contributed by atoms with Crippen LogP contribution in [0.1, 0.15) is 22.4 Å². The highest BCUT2D eigenvalue weighted by molar-refractivity contribution is 7.99. The smallest absolute Gasteiger partial charge is 0.319 e. The zero-order valence-corrected chi connectivity index (χ0v) is 21.7. The molecule has 2 amide bonds. The first-order chi connectivity index (χ1) is 19.0. The fraction of sp³-hybridized carbons (Fsp3) is 0.0968. The van der Waals surface area contributed by atoms with Crippen molar-refractivity contribution in [3.8, 4) is 0 Å². The van der Waals surface area contributed by atoms with Gasteiger partial charge in [-0.1, -0.05) is 91.0 Å². The summed E-state index contributed by atoms with van der Waals surface area (Å²) in [5.74, 6) is -1.54. The predicted octanol–water partition coefficient (Wildman–Crippen LogP) is 7.01. The standard InChI is InChI=1S/C31H26F2N4OS/c32-26-16-17-29(28(33)20-26)36-30(38)34-19-18-27-21-37(22-35-27)39-31(23-10-4-1-5-11-23,24-12-6-2-7-13-24)25-14-8-3-9-15-25/h1-17,20-22H,18-19H2,(H2,34,36,38). The molecule has 0 aliphatic rings. The average Bonchev–Trinajstić information content (AvgIpc) is 3.41. The molecule has 5 aromatic rings. The number of halogens is 2. The normalized spacial score (nSPS) is 11.2. The number of anilines is 1. The van der Waals surface area contributed by atoms with Crippen LogP contribution in [0.4, 0.5) is 19.3 Å². The third kappa shape index (κ3) is 6.02. The van der Waals surface area contributed by atoms with Crippen molar-refractivity contribution in [3.63, 3.8) is 0 Å². The van der Waals surface area contributed by atoms with Gasteiger partial charge in [-0.25, -0.2) is 18.6 Å². The van der Waals surface area contributed by atoms with Crippen LogP contribution in [0.25, 0.3) is 0 Å². The number of nitrogens with one attached hydrogen (secondary N) is 2. The van der Waals surface area contributed by atoms with E-state index < -0.39 is 22.4 Å². The summed E-state index contributed by atoms with van der Waals surface area (Å²) in [6.07, 6.45) is 4.20. The Morgan fingerprint density at radius 2 is 1.38 bits per heavy atom. The van der Waals surface area contributed by atoms with Gasteiger partial charge in [-0.2, -0.15) is 0 Å². The number of carbonyl (C=O) groups excluding carboxylic acids is 1. The number of urea groups is 1. The van der Waals surface area contributed by atoms with Crippen LogP contribution in [0, 0.1) is 11.6 Å². The Balaban J connectivity index is 1.34. The number of carbonyl (C=O) groups is 1. The number of hydrogen-bond acceptors (Lipinski definition) is 3. The number of imidazole rings is 1. The van der Waals surface area contributed by atoms with E-state index in [4.69, 9.17) is 0 Å². The van der Waals surface area contributed by atoms with Gasteiger partial charge >= 0.3 is 6.03 Å². The summed E-state index contributed by atoms with van der Waals surface area (Å²) in [6, 6.07) is 33.5. The summed E-state index contributed by atoms with van der Waals surface area (Å²) in [7, 11) is 0. The summed E-state index contributed by atoms with van der Waals surface area (Å²) >= 11 is 1.64. The Morgan fingerprint density at radius 3 is 1.92 bits per heavy atom. The van der Waals surface area contributed by atoms with Crippen LogP contribution in [0.15, 0.2) is 122 Å². The quantitative estimate of drug-likeness (QED) is 0.198. The van der Waals surface area contributed by atoms with Crippen molar-refractivity contribution in [1.82, 2.24) is 14.3 Å². The van der Waals surface area contributed by atoms with E-state index in [1.165, 1.54) is 6.07 Å². The highest BCUT2D eigenvalue weighted by atomic mass is 32.2. The van der Waals surface area contributed by atoms with Gasteiger partial charge in [-0.3, -0.25) is 3.97 Å². The maximum absolute atomic E-state index is 13.8. The Bertz CT molecular complexity index is 1430. The second-order valence-corrected chi connectivity index (χ2v) is 10.1. The molecule has 0 saturated carbocycles. The van der Waals surface area contributed by atoms with E-state index in [0.29, 0.717) is 6.42 Å². The Morgan fingerprint density at radius 1 is 0.821 bits per heavy atom. The largest absolute Gasteiger partial charge is 0.337 e. The molecular formula is C31H26F2N4OS. The van der Waals surface area contributed by atoms with E-state index in [9.17, 15) is 13.6 Å². The van der Waals surface area contributed by atoms with E-state index in [1.54, 1.807) is 18.3 Å². The first kappa shape index (κ1) is 26.2. The molecule has 1 heterocycles. The first-order valence-electron chi connectivity index (χ1n) is 12.4. The molecule has 8 heteroatoms. The third-order valence-corrected chi connectivity index (χ3v) is 7.63. The van der Waals surface area contributed by atoms with Gasteiger partial charge in [0.05, 0.1) is 11.4 Å². The zero-order chi connectivity index (χ0) is 27.1. The van der Waals surface area contributed by atoms with E-state index in [2.05, 4.69) is 52.0 Å². The van der Waals surface area contributed by atoms with E-state index >= 15 is 0 Å². The lowest BCUT2D eigenvalue weighted by molar-refractivity contribution is 0.252. The molecule has 0 saturated heterocycles. The van der Waals surface area contributed by atoms with Gasteiger partial charge in [0.15, 0.2) is 0 Å². The van der Waals surface area contributed by atoms with Gasteiger partial charge in [-0.05, 0) is 40.8 Å². The third-order valence-electron chi connectivity index (χ3n) is 6.24. The number of benzene rings is 4. The SMILES string of the molecule is O=C(NCCc1cn(SC(c2ccccc2)(c2ccccc2)c2ccccc2)cn1)Nc1ccc(F)cc1F. The van der Waals surface area contributed by atoms with Crippen molar-refractivity contribution in [3.05, 3.63) is 156 Å². The molecule has 1 aromatic heterocycles. The van der Waals surface area contributed by atoms with Crippen molar-refractivity contribution < 1.29 is 13.6 Å². The molecule has 196 valence electrons. The van der Waals surface area contributed by atoms with Crippen molar-refractivity contribution in [1.29, 1.82) is 0 Å². The molecule has 0 unspecified atom stereocenters. The molecular weight excluding hydrogens is 514 g/mol. The minimum Gasteiger partial charge on any atom is -0.337 e. The monoisotopic (exact) mass is 540 g/mol. The van der Waals surface area contributed by atoms with Gasteiger partial charge in [0.25, 0.3) is 0 Å². The van der Waals surface area contributed by atoms with Crippen molar-refractivity contribution in [2.45, 2.75) is 11.2 Å². The summed E-state index contributed by atoms with van der Waals surface area (Å²) in [4.78, 5) is 16.7. The lowest BCUT2D eigenvalue weighted by Gasteiger charge is -2.35. The van der Waals surface area contributed by atoms with E-state index in [1.807, 2.05) is 64.8 Å². The molecule has 5 rings (SSSR count). The molecule has 0 bridgehead atoms. The summed E-state index contributed by atoms with van der Waals surface area (Å²) < 4.78 is 28.4. The molecule has 4 aromatic carbocycles. The highest BCUT2D eigenvalue weighted by Gasteiger charge is 2.38. The molecule has 0 atom stereocenters. The summed E-state index contributed by atoms with van der Waals surface area (Å²) in [6.45, 7) is 0.289. The Hall–Kier alpha value is -4.43. The fourth-order valence-corrected chi connectivity index (χ4v) is 5.73. The molecule has 39 heavy (non-hydrogen) atoms. The van der Waals surface area contributed by atoms with Crippen molar-refractivity contribution in [2.24, 2.45) is 0 Å². The van der Waals surface area contributed by atoms with Crippen molar-refractivity contribution >= 4 is 23.7 Å². The highest BCUT2D eigenvalue weighted by Crippen LogP contribution is 2.48. The maximum Gasteiger partial charge on any atom is 0.319 e. The topological polar surface area (TPSA) is 59.0 Å². The number of rotatable bonds is 9. The molecule has 0 fully saturated rings. The second-order valence-electron chi connectivity index (χ2n) is 8.85. The average molecular weight is 541 g/mol. The van der Waals surface area contributed by atoms with Crippen LogP contribution >= 0.6 is 11.9 Å². The summed E-state index contributed by atoms with van der Waals surface area (Å²) in [5.41, 5.74) is 4.10. The van der Waals surface area contributed by atoms with Crippen LogP contribution < -0.4 is 10.6 Å². The Labute approximate surface area is 230 Å². The molecule has 2 N–H and O–H groups in total. The van der Waals surface area contributed by atoms with Crippen LogP contribution in [0.2, 0.25) is 0 Å². The van der Waals surface area contributed by atoms with Crippen LogP contribution in [0.3, 0.4) is 0 Å². The zero-order valence-electron chi connectivity index (χ0n) is 20.9. The Kier molecular flexibility index (Phi) is 8.03. The van der Waals surface area contributed by atoms with Gasteiger partial charge in [0.2, 0.25) is 0 Å². The number of hydrogen-bond donors (Lipinski definition) is 2. The molecule has 0 spiro atoms. The maximum atomic E-state index is 13.8. The van der Waals surface area contributed by atoms with Gasteiger partial charge < -0.3 is 10.6 Å². The predicted molar refractivity (Wildman–Crippen MR) is 152 cm³/mol. The lowest BCUT2D eigenvalue weighted by atomic mass is 9.84. The number of aromatic nitrogens is 2. The molecule has 0 radical (unpaired) electrons. The van der Waals surface area contributed by atoms with Crippen LogP contribution in [0.5, 0.6) is 0 Å². The summed E-state index contributed by atoms with van der Waals surface area (Å²) in [5, 5.41) is 5.08. The number of nitrogens with zero attached hydrogens (tertiary/aromatic N) is 2. The van der Waals surface area contributed by atoms with E-state index in [-0.39, 0.29) is 12.2 Å². The van der Waals surface area contributed by atoms with Crippen LogP contribution in [-0.2, 0) is 11.2 Å². The lowest BCUT2D eigenvalue weighted by Crippen LogP contribution is -2.30. The van der Waals surface area contributed by atoms with Gasteiger partial charge in [-0.15, -0.1) is 0 Å². The molecule has 5 nitrogen and oxygen atoms in total. The minimum absolute atomic E-state index is 0.0892.